The van der Waals surface area contributed by atoms with Crippen LogP contribution in [0.5, 0.6) is 0 Å². The van der Waals surface area contributed by atoms with Crippen molar-refractivity contribution in [1.29, 1.82) is 0 Å². The van der Waals surface area contributed by atoms with Crippen molar-refractivity contribution in [3.05, 3.63) is 134 Å². The first-order valence-electron chi connectivity index (χ1n) is 26.3. The Labute approximate surface area is 420 Å². The molecule has 0 fully saturated rings. The van der Waals surface area contributed by atoms with Crippen LogP contribution in [0.3, 0.4) is 0 Å². The summed E-state index contributed by atoms with van der Waals surface area (Å²) in [6.07, 6.45) is 68.5. The second-order valence-electron chi connectivity index (χ2n) is 18.1. The minimum Gasteiger partial charge on any atom is -0.545 e. The Morgan fingerprint density at radius 2 is 0.826 bits per heavy atom. The van der Waals surface area contributed by atoms with Crippen molar-refractivity contribution in [3.63, 3.8) is 0 Å². The van der Waals surface area contributed by atoms with Gasteiger partial charge in [0.1, 0.15) is 13.2 Å². The van der Waals surface area contributed by atoms with Crippen LogP contribution in [0, 0.1) is 0 Å². The Kier molecular flexibility index (Phi) is 46.5. The highest BCUT2D eigenvalue weighted by molar-refractivity contribution is 5.70. The molecule has 2 atom stereocenters. The third-order valence-corrected chi connectivity index (χ3v) is 10.4. The molecule has 69 heavy (non-hydrogen) atoms. The maximum atomic E-state index is 12.7. The summed E-state index contributed by atoms with van der Waals surface area (Å²) in [5.41, 5.74) is 0. The van der Waals surface area contributed by atoms with E-state index in [1.165, 1.54) is 0 Å². The van der Waals surface area contributed by atoms with Crippen molar-refractivity contribution < 1.29 is 42.9 Å². The SMILES string of the molecule is CC/C=C\C/C=C\C/C=C\C/C=C\C/C=C\C/C=C\C/C=C\C/C=C\C/C=C\C/C=C\C/C=C\CCCCCCCC(=O)OC(COC(=O)CCCCCCC)COC(OCC[N+](C)(C)C)C(=O)[O-]. The van der Waals surface area contributed by atoms with Crippen molar-refractivity contribution in [2.45, 2.75) is 180 Å². The highest BCUT2D eigenvalue weighted by Crippen LogP contribution is 2.12. The number of likely N-dealkylation sites (N-methyl/N-ethyl adjacent to an activating group) is 1. The first-order valence-corrected chi connectivity index (χ1v) is 26.3. The molecule has 0 aromatic heterocycles. The smallest absolute Gasteiger partial charge is 0.306 e. The molecule has 0 saturated heterocycles. The molecule has 0 bridgehead atoms. The Morgan fingerprint density at radius 3 is 1.23 bits per heavy atom. The van der Waals surface area contributed by atoms with E-state index < -0.39 is 24.3 Å². The summed E-state index contributed by atoms with van der Waals surface area (Å²) < 4.78 is 22.4. The molecule has 9 nitrogen and oxygen atoms in total. The zero-order valence-corrected chi connectivity index (χ0v) is 43.9. The molecule has 0 saturated carbocycles. The fourth-order valence-corrected chi connectivity index (χ4v) is 6.36. The molecule has 0 aliphatic rings. The van der Waals surface area contributed by atoms with Gasteiger partial charge in [0, 0.05) is 12.8 Å². The van der Waals surface area contributed by atoms with Crippen LogP contribution in [0.15, 0.2) is 134 Å². The predicted octanol–water partition coefficient (Wildman–Crippen LogP) is 13.8. The number of aliphatic carboxylic acids is 1. The van der Waals surface area contributed by atoms with Crippen molar-refractivity contribution in [1.82, 2.24) is 0 Å². The number of rotatable bonds is 46. The minimum absolute atomic E-state index is 0.137. The van der Waals surface area contributed by atoms with Gasteiger partial charge in [-0.1, -0.05) is 192 Å². The van der Waals surface area contributed by atoms with Gasteiger partial charge >= 0.3 is 11.9 Å². The summed E-state index contributed by atoms with van der Waals surface area (Å²) in [6.45, 7) is 4.47. The first kappa shape index (κ1) is 64.4. The summed E-state index contributed by atoms with van der Waals surface area (Å²) >= 11 is 0. The van der Waals surface area contributed by atoms with E-state index in [1.54, 1.807) is 0 Å². The van der Waals surface area contributed by atoms with Gasteiger partial charge in [-0.15, -0.1) is 0 Å². The summed E-state index contributed by atoms with van der Waals surface area (Å²) in [6, 6.07) is 0. The van der Waals surface area contributed by atoms with E-state index in [1.807, 2.05) is 21.1 Å². The number of unbranched alkanes of at least 4 members (excludes halogenated alkanes) is 9. The average molecular weight is 958 g/mol. The van der Waals surface area contributed by atoms with Crippen LogP contribution in [0.2, 0.25) is 0 Å². The van der Waals surface area contributed by atoms with Crippen molar-refractivity contribution in [2.24, 2.45) is 0 Å². The van der Waals surface area contributed by atoms with Crippen LogP contribution in [0.25, 0.3) is 0 Å². The summed E-state index contributed by atoms with van der Waals surface area (Å²) in [5.74, 6) is -2.35. The van der Waals surface area contributed by atoms with E-state index in [9.17, 15) is 19.5 Å². The number of ether oxygens (including phenoxy) is 4. The monoisotopic (exact) mass is 958 g/mol. The molecule has 0 aliphatic heterocycles. The van der Waals surface area contributed by atoms with Crippen LogP contribution >= 0.6 is 0 Å². The van der Waals surface area contributed by atoms with Crippen LogP contribution in [-0.2, 0) is 33.3 Å². The summed E-state index contributed by atoms with van der Waals surface area (Å²) in [5, 5.41) is 11.6. The Morgan fingerprint density at radius 1 is 0.449 bits per heavy atom. The predicted molar refractivity (Wildman–Crippen MR) is 287 cm³/mol. The molecule has 9 heteroatoms. The number of hydrogen-bond acceptors (Lipinski definition) is 8. The van der Waals surface area contributed by atoms with E-state index in [4.69, 9.17) is 18.9 Å². The Balaban J connectivity index is 4.11. The van der Waals surface area contributed by atoms with Crippen LogP contribution < -0.4 is 5.11 Å². The van der Waals surface area contributed by atoms with Crippen LogP contribution in [0.4, 0.5) is 0 Å². The number of nitrogens with zero attached hydrogens (tertiary/aromatic N) is 1. The molecule has 0 spiro atoms. The van der Waals surface area contributed by atoms with E-state index >= 15 is 0 Å². The topological polar surface area (TPSA) is 111 Å². The number of carbonyl (C=O) groups excluding carboxylic acids is 3. The molecular formula is C60H95NO8. The second-order valence-corrected chi connectivity index (χ2v) is 18.1. The largest absolute Gasteiger partial charge is 0.545 e. The van der Waals surface area contributed by atoms with Gasteiger partial charge in [-0.05, 0) is 96.3 Å². The van der Waals surface area contributed by atoms with Gasteiger partial charge in [-0.3, -0.25) is 9.59 Å². The van der Waals surface area contributed by atoms with Crippen molar-refractivity contribution in [2.75, 3.05) is 47.5 Å². The highest BCUT2D eigenvalue weighted by Gasteiger charge is 2.21. The fraction of sp³-hybridized carbons (Fsp3) is 0.583. The standard InChI is InChI=1S/C60H95NO8/c1-6-8-10-12-13-14-15-16-17-18-19-20-21-22-23-24-25-26-27-28-29-30-31-32-33-34-35-36-37-38-39-40-41-42-43-44-45-47-49-51-58(63)69-56(54-67-57(62)50-48-46-11-9-7-2)55-68-60(59(64)65)66-53-52-61(3,4)5/h8,10,13-14,16-17,19-20,22-23,25-26,28-29,31-32,34-35,37-38,40-41,56,60H,6-7,9,11-12,15,18,21,24,27,30,33,36,39,42-55H2,1-5H3/b10-8-,14-13-,17-16-,20-19-,23-22-,26-25-,29-28-,32-31-,35-34-,38-37-,41-40-. The Hall–Kier alpha value is -4.57. The molecule has 0 rings (SSSR count). The Bertz CT molecular complexity index is 1590. The van der Waals surface area contributed by atoms with Gasteiger partial charge in [0.05, 0.1) is 40.3 Å². The molecule has 0 N–H and O–H groups in total. The summed E-state index contributed by atoms with van der Waals surface area (Å²) in [7, 11) is 5.88. The number of carbonyl (C=O) groups is 3. The number of carboxylic acid groups (broad SMARTS) is 1. The number of hydrogen-bond donors (Lipinski definition) is 0. The quantitative estimate of drug-likeness (QED) is 0.0195. The van der Waals surface area contributed by atoms with Crippen LogP contribution in [0.1, 0.15) is 168 Å². The average Bonchev–Trinajstić information content (AvgIpc) is 3.31. The molecule has 0 aliphatic carbocycles. The molecule has 2 unspecified atom stereocenters. The van der Waals surface area contributed by atoms with Gasteiger partial charge < -0.3 is 33.3 Å². The molecule has 0 amide bonds. The zero-order valence-electron chi connectivity index (χ0n) is 43.9. The zero-order chi connectivity index (χ0) is 50.6. The first-order chi connectivity index (χ1) is 33.6. The normalized spacial score (nSPS) is 13.9. The van der Waals surface area contributed by atoms with Gasteiger partial charge in [-0.2, -0.15) is 0 Å². The molecule has 0 aromatic rings. The molecular weight excluding hydrogens is 863 g/mol. The van der Waals surface area contributed by atoms with Gasteiger partial charge in [0.2, 0.25) is 0 Å². The van der Waals surface area contributed by atoms with Gasteiger partial charge in [0.25, 0.3) is 0 Å². The van der Waals surface area contributed by atoms with E-state index in [2.05, 4.69) is 148 Å². The van der Waals surface area contributed by atoms with E-state index in [0.717, 1.165) is 135 Å². The third-order valence-electron chi connectivity index (χ3n) is 10.4. The number of esters is 2. The lowest BCUT2D eigenvalue weighted by molar-refractivity contribution is -0.870. The lowest BCUT2D eigenvalue weighted by Crippen LogP contribution is -2.44. The maximum Gasteiger partial charge on any atom is 0.306 e. The number of allylic oxidation sites excluding steroid dienone is 22. The number of quaternary nitrogens is 1. The lowest BCUT2D eigenvalue weighted by atomic mass is 10.1. The third kappa shape index (κ3) is 51.1. The fourth-order valence-electron chi connectivity index (χ4n) is 6.36. The van der Waals surface area contributed by atoms with E-state index in [-0.39, 0.29) is 38.6 Å². The lowest BCUT2D eigenvalue weighted by Gasteiger charge is -2.26. The summed E-state index contributed by atoms with van der Waals surface area (Å²) in [4.78, 5) is 36.7. The molecule has 0 radical (unpaired) electrons. The molecule has 388 valence electrons. The number of carboxylic acids is 1. The molecule has 0 heterocycles. The van der Waals surface area contributed by atoms with Crippen LogP contribution in [-0.4, -0.2) is 82.3 Å². The van der Waals surface area contributed by atoms with Crippen molar-refractivity contribution >= 4 is 17.9 Å². The van der Waals surface area contributed by atoms with Gasteiger partial charge in [0.15, 0.2) is 12.4 Å². The second kappa shape index (κ2) is 49.8. The van der Waals surface area contributed by atoms with Gasteiger partial charge in [-0.25, -0.2) is 0 Å². The van der Waals surface area contributed by atoms with Crippen molar-refractivity contribution in [3.8, 4) is 0 Å². The highest BCUT2D eigenvalue weighted by atomic mass is 16.7. The molecule has 0 aromatic carbocycles. The van der Waals surface area contributed by atoms with E-state index in [0.29, 0.717) is 17.4 Å². The minimum atomic E-state index is -1.63. The maximum absolute atomic E-state index is 12.7.